The topological polar surface area (TPSA) is 78.9 Å². The van der Waals surface area contributed by atoms with Gasteiger partial charge in [-0.1, -0.05) is 210 Å². The van der Waals surface area contributed by atoms with Crippen molar-refractivity contribution in [3.05, 3.63) is 60.8 Å². The van der Waals surface area contributed by atoms with Crippen molar-refractivity contribution in [2.45, 2.75) is 284 Å². The van der Waals surface area contributed by atoms with Crippen LogP contribution in [0.1, 0.15) is 278 Å². The zero-order chi connectivity index (χ0) is 47.2. The molecule has 0 saturated carbocycles. The third kappa shape index (κ3) is 51.9. The molecule has 0 unspecified atom stereocenters. The molecule has 0 aliphatic rings. The minimum Gasteiger partial charge on any atom is -0.462 e. The normalized spacial score (nSPS) is 12.5. The third-order valence-electron chi connectivity index (χ3n) is 12.0. The Hall–Kier alpha value is -2.89. The molecule has 0 aromatic carbocycles. The zero-order valence-electron chi connectivity index (χ0n) is 43.0. The van der Waals surface area contributed by atoms with Gasteiger partial charge < -0.3 is 14.2 Å². The molecular formula is C59H104O6. The summed E-state index contributed by atoms with van der Waals surface area (Å²) in [6.45, 7) is 6.57. The Labute approximate surface area is 402 Å². The van der Waals surface area contributed by atoms with Gasteiger partial charge in [0, 0.05) is 19.3 Å². The number of allylic oxidation sites excluding steroid dienone is 10. The summed E-state index contributed by atoms with van der Waals surface area (Å²) >= 11 is 0. The Morgan fingerprint density at radius 2 is 0.554 bits per heavy atom. The number of hydrogen-bond acceptors (Lipinski definition) is 6. The van der Waals surface area contributed by atoms with Crippen molar-refractivity contribution >= 4 is 17.9 Å². The maximum Gasteiger partial charge on any atom is 0.306 e. The molecule has 0 amide bonds. The van der Waals surface area contributed by atoms with Gasteiger partial charge in [0.1, 0.15) is 13.2 Å². The minimum absolute atomic E-state index is 0.0937. The average Bonchev–Trinajstić information content (AvgIpc) is 3.30. The van der Waals surface area contributed by atoms with Gasteiger partial charge >= 0.3 is 17.9 Å². The second-order valence-corrected chi connectivity index (χ2v) is 18.5. The summed E-state index contributed by atoms with van der Waals surface area (Å²) in [5, 5.41) is 0. The van der Waals surface area contributed by atoms with Crippen molar-refractivity contribution in [3.8, 4) is 0 Å². The van der Waals surface area contributed by atoms with Gasteiger partial charge in [0.15, 0.2) is 6.10 Å². The van der Waals surface area contributed by atoms with E-state index in [0.29, 0.717) is 19.3 Å². The summed E-state index contributed by atoms with van der Waals surface area (Å²) in [7, 11) is 0. The highest BCUT2D eigenvalue weighted by Gasteiger charge is 2.19. The highest BCUT2D eigenvalue weighted by atomic mass is 16.6. The predicted octanol–water partition coefficient (Wildman–Crippen LogP) is 18.4. The van der Waals surface area contributed by atoms with E-state index in [-0.39, 0.29) is 37.5 Å². The van der Waals surface area contributed by atoms with Gasteiger partial charge in [-0.25, -0.2) is 0 Å². The molecule has 0 rings (SSSR count). The first-order chi connectivity index (χ1) is 32.0. The van der Waals surface area contributed by atoms with Crippen LogP contribution in [0.5, 0.6) is 0 Å². The summed E-state index contributed by atoms with van der Waals surface area (Å²) in [5.74, 6) is -0.937. The van der Waals surface area contributed by atoms with Gasteiger partial charge in [-0.05, 0) is 109 Å². The summed E-state index contributed by atoms with van der Waals surface area (Å²) < 4.78 is 16.8. The largest absolute Gasteiger partial charge is 0.462 e. The first kappa shape index (κ1) is 62.1. The number of esters is 3. The van der Waals surface area contributed by atoms with E-state index in [1.165, 1.54) is 161 Å². The molecule has 376 valence electrons. The smallest absolute Gasteiger partial charge is 0.306 e. The Morgan fingerprint density at radius 1 is 0.308 bits per heavy atom. The molecule has 0 aliphatic heterocycles. The second-order valence-electron chi connectivity index (χ2n) is 18.5. The number of ether oxygens (including phenoxy) is 3. The van der Waals surface area contributed by atoms with E-state index >= 15 is 0 Å². The van der Waals surface area contributed by atoms with Crippen LogP contribution >= 0.6 is 0 Å². The van der Waals surface area contributed by atoms with Gasteiger partial charge in [0.2, 0.25) is 0 Å². The maximum atomic E-state index is 12.8. The summed E-state index contributed by atoms with van der Waals surface area (Å²) in [6.07, 6.45) is 66.3. The fourth-order valence-corrected chi connectivity index (χ4v) is 7.73. The summed E-state index contributed by atoms with van der Waals surface area (Å²) in [4.78, 5) is 38.1. The molecule has 0 N–H and O–H groups in total. The lowest BCUT2D eigenvalue weighted by atomic mass is 10.1. The molecule has 0 aromatic heterocycles. The molecule has 0 aromatic rings. The minimum atomic E-state index is -0.798. The Balaban J connectivity index is 4.44. The first-order valence-electron chi connectivity index (χ1n) is 27.8. The lowest BCUT2D eigenvalue weighted by molar-refractivity contribution is -0.167. The molecule has 0 aliphatic carbocycles. The lowest BCUT2D eigenvalue weighted by Crippen LogP contribution is -2.30. The highest BCUT2D eigenvalue weighted by Crippen LogP contribution is 2.14. The Morgan fingerprint density at radius 3 is 0.938 bits per heavy atom. The molecule has 65 heavy (non-hydrogen) atoms. The molecule has 0 heterocycles. The van der Waals surface area contributed by atoms with Crippen molar-refractivity contribution in [1.82, 2.24) is 0 Å². The SMILES string of the molecule is CCCCC/C=C\C/C=C\C/C=C\CCCCC(=O)O[C@H](COC(=O)CCCCCCC/C=C\CCCCCCCC)COC(=O)CCCCCCCCC/C=C\CCCCCCCC. The van der Waals surface area contributed by atoms with Crippen LogP contribution in [0.25, 0.3) is 0 Å². The van der Waals surface area contributed by atoms with Crippen LogP contribution in [-0.2, 0) is 28.6 Å². The summed E-state index contributed by atoms with van der Waals surface area (Å²) in [5.41, 5.74) is 0. The Bertz CT molecular complexity index is 1180. The number of carbonyl (C=O) groups is 3. The van der Waals surface area contributed by atoms with Gasteiger partial charge in [-0.3, -0.25) is 14.4 Å². The van der Waals surface area contributed by atoms with Crippen molar-refractivity contribution in [2.24, 2.45) is 0 Å². The van der Waals surface area contributed by atoms with Gasteiger partial charge in [-0.2, -0.15) is 0 Å². The van der Waals surface area contributed by atoms with Gasteiger partial charge in [-0.15, -0.1) is 0 Å². The van der Waals surface area contributed by atoms with Crippen molar-refractivity contribution in [3.63, 3.8) is 0 Å². The molecular weight excluding hydrogens is 805 g/mol. The molecule has 0 saturated heterocycles. The van der Waals surface area contributed by atoms with E-state index in [2.05, 4.69) is 81.5 Å². The van der Waals surface area contributed by atoms with Crippen LogP contribution in [-0.4, -0.2) is 37.2 Å². The Kier molecular flexibility index (Phi) is 51.3. The summed E-state index contributed by atoms with van der Waals surface area (Å²) in [6, 6.07) is 0. The van der Waals surface area contributed by atoms with Crippen molar-refractivity contribution in [1.29, 1.82) is 0 Å². The monoisotopic (exact) mass is 909 g/mol. The standard InChI is InChI=1S/C59H104O6/c1-4-7-10-13-16-19-22-25-28-29-32-34-37-40-43-46-49-52-58(61)64-55-56(65-59(62)53-50-47-44-41-38-35-31-27-24-21-18-15-12-9-6-3)54-63-57(60)51-48-45-42-39-36-33-30-26-23-20-17-14-11-8-5-2/h18,21,25-28,30-31,38,41,56H,4-17,19-20,22-24,29,32-37,39-40,42-55H2,1-3H3/b21-18-,28-25-,30-26-,31-27-,41-38-/t56-/m1/s1. The molecule has 6 nitrogen and oxygen atoms in total. The highest BCUT2D eigenvalue weighted by molar-refractivity contribution is 5.71. The second kappa shape index (κ2) is 53.7. The van der Waals surface area contributed by atoms with Crippen LogP contribution in [0.15, 0.2) is 60.8 Å². The molecule has 0 fully saturated rings. The van der Waals surface area contributed by atoms with E-state index in [4.69, 9.17) is 14.2 Å². The number of unbranched alkanes of at least 4 members (excludes halogenated alkanes) is 29. The van der Waals surface area contributed by atoms with Crippen LogP contribution < -0.4 is 0 Å². The first-order valence-corrected chi connectivity index (χ1v) is 27.8. The van der Waals surface area contributed by atoms with E-state index in [0.717, 1.165) is 70.6 Å². The molecule has 6 heteroatoms. The van der Waals surface area contributed by atoms with Crippen molar-refractivity contribution in [2.75, 3.05) is 13.2 Å². The van der Waals surface area contributed by atoms with E-state index in [9.17, 15) is 14.4 Å². The van der Waals surface area contributed by atoms with Gasteiger partial charge in [0.25, 0.3) is 0 Å². The van der Waals surface area contributed by atoms with E-state index < -0.39 is 6.10 Å². The van der Waals surface area contributed by atoms with E-state index in [1.54, 1.807) is 0 Å². The predicted molar refractivity (Wildman–Crippen MR) is 279 cm³/mol. The van der Waals surface area contributed by atoms with Crippen LogP contribution in [0.4, 0.5) is 0 Å². The fraction of sp³-hybridized carbons (Fsp3) is 0.780. The third-order valence-corrected chi connectivity index (χ3v) is 12.0. The molecule has 0 radical (unpaired) electrons. The number of rotatable bonds is 50. The molecule has 0 bridgehead atoms. The maximum absolute atomic E-state index is 12.8. The molecule has 1 atom stereocenters. The van der Waals surface area contributed by atoms with Crippen LogP contribution in [0, 0.1) is 0 Å². The van der Waals surface area contributed by atoms with Gasteiger partial charge in [0.05, 0.1) is 0 Å². The fourth-order valence-electron chi connectivity index (χ4n) is 7.73. The number of carbonyl (C=O) groups excluding carboxylic acids is 3. The zero-order valence-corrected chi connectivity index (χ0v) is 43.0. The van der Waals surface area contributed by atoms with Crippen LogP contribution in [0.3, 0.4) is 0 Å². The molecule has 0 spiro atoms. The number of hydrogen-bond donors (Lipinski definition) is 0. The quantitative estimate of drug-likeness (QED) is 0.0262. The lowest BCUT2D eigenvalue weighted by Gasteiger charge is -2.18. The average molecular weight is 909 g/mol. The van der Waals surface area contributed by atoms with E-state index in [1.807, 2.05) is 0 Å². The van der Waals surface area contributed by atoms with Crippen LogP contribution in [0.2, 0.25) is 0 Å². The van der Waals surface area contributed by atoms with Crippen molar-refractivity contribution < 1.29 is 28.6 Å².